The van der Waals surface area contributed by atoms with Gasteiger partial charge in [-0.25, -0.2) is 13.6 Å². The number of ether oxygens (including phenoxy) is 2. The van der Waals surface area contributed by atoms with E-state index in [9.17, 15) is 13.6 Å². The normalized spacial score (nSPS) is 11.3. The van der Waals surface area contributed by atoms with Crippen LogP contribution in [0.5, 0.6) is 5.75 Å². The molecule has 4 nitrogen and oxygen atoms in total. The standard InChI is InChI=1S/C19H18F2O4/c1-3-14(12-4-6-13(7-5-12)19(23)24-2)17-16(25-11-10-22)9-8-15(20)18(17)21/h3-9,22H,10-11H2,1-2H3. The molecule has 0 amide bonds. The number of methoxy groups -OCH3 is 1. The third-order valence-corrected chi connectivity index (χ3v) is 3.58. The fraction of sp³-hybridized carbons (Fsp3) is 0.211. The molecule has 1 N–H and O–H groups in total. The number of allylic oxidation sites excluding steroid dienone is 1. The maximum atomic E-state index is 14.4. The van der Waals surface area contributed by atoms with Gasteiger partial charge in [0.1, 0.15) is 12.4 Å². The van der Waals surface area contributed by atoms with E-state index in [0.29, 0.717) is 16.7 Å². The van der Waals surface area contributed by atoms with Crippen LogP contribution < -0.4 is 4.74 Å². The van der Waals surface area contributed by atoms with E-state index in [1.807, 2.05) is 0 Å². The van der Waals surface area contributed by atoms with E-state index in [1.165, 1.54) is 25.3 Å². The molecule has 0 bridgehead atoms. The summed E-state index contributed by atoms with van der Waals surface area (Å²) in [6.07, 6.45) is 1.62. The number of carbonyl (C=O) groups is 1. The molecule has 0 aliphatic rings. The third-order valence-electron chi connectivity index (χ3n) is 3.58. The first kappa shape index (κ1) is 18.6. The first-order valence-electron chi connectivity index (χ1n) is 7.60. The number of esters is 1. The molecule has 0 atom stereocenters. The summed E-state index contributed by atoms with van der Waals surface area (Å²) < 4.78 is 38.2. The maximum Gasteiger partial charge on any atom is 0.337 e. The first-order valence-corrected chi connectivity index (χ1v) is 7.60. The number of hydrogen-bond acceptors (Lipinski definition) is 4. The van der Waals surface area contributed by atoms with Gasteiger partial charge < -0.3 is 14.6 Å². The molecule has 0 heterocycles. The average molecular weight is 348 g/mol. The van der Waals surface area contributed by atoms with Crippen LogP contribution in [-0.2, 0) is 4.74 Å². The molecule has 132 valence electrons. The summed E-state index contributed by atoms with van der Waals surface area (Å²) in [4.78, 5) is 11.5. The van der Waals surface area contributed by atoms with Crippen LogP contribution in [0, 0.1) is 11.6 Å². The fourth-order valence-electron chi connectivity index (χ4n) is 2.42. The zero-order valence-electron chi connectivity index (χ0n) is 13.9. The minimum absolute atomic E-state index is 0.0400. The van der Waals surface area contributed by atoms with Gasteiger partial charge in [-0.05, 0) is 42.3 Å². The predicted molar refractivity (Wildman–Crippen MR) is 89.5 cm³/mol. The Balaban J connectivity index is 2.50. The van der Waals surface area contributed by atoms with Gasteiger partial charge in [0, 0.05) is 0 Å². The topological polar surface area (TPSA) is 55.8 Å². The van der Waals surface area contributed by atoms with Crippen molar-refractivity contribution < 1.29 is 28.2 Å². The van der Waals surface area contributed by atoms with Crippen LogP contribution in [0.3, 0.4) is 0 Å². The van der Waals surface area contributed by atoms with Crippen LogP contribution in [-0.4, -0.2) is 31.4 Å². The van der Waals surface area contributed by atoms with Crippen LogP contribution in [0.15, 0.2) is 42.5 Å². The van der Waals surface area contributed by atoms with Crippen molar-refractivity contribution in [3.05, 3.63) is 70.8 Å². The Morgan fingerprint density at radius 3 is 2.32 bits per heavy atom. The zero-order chi connectivity index (χ0) is 18.4. The lowest BCUT2D eigenvalue weighted by Crippen LogP contribution is -2.07. The van der Waals surface area contributed by atoms with Gasteiger partial charge in [-0.1, -0.05) is 18.2 Å². The highest BCUT2D eigenvalue weighted by molar-refractivity contribution is 5.90. The Morgan fingerprint density at radius 2 is 1.76 bits per heavy atom. The van der Waals surface area contributed by atoms with Crippen molar-refractivity contribution in [2.24, 2.45) is 0 Å². The van der Waals surface area contributed by atoms with Crippen molar-refractivity contribution >= 4 is 11.5 Å². The summed E-state index contributed by atoms with van der Waals surface area (Å²) in [5.74, 6) is -2.41. The van der Waals surface area contributed by atoms with Crippen LogP contribution in [0.2, 0.25) is 0 Å². The Bertz CT molecular complexity index is 783. The number of carbonyl (C=O) groups excluding carboxylic acids is 1. The van der Waals surface area contributed by atoms with Crippen molar-refractivity contribution in [1.82, 2.24) is 0 Å². The van der Waals surface area contributed by atoms with Crippen molar-refractivity contribution in [2.45, 2.75) is 6.92 Å². The predicted octanol–water partition coefficient (Wildman–Crippen LogP) is 3.57. The molecule has 0 unspecified atom stereocenters. The molecule has 6 heteroatoms. The van der Waals surface area contributed by atoms with Crippen molar-refractivity contribution in [3.8, 4) is 5.75 Å². The number of aliphatic hydroxyl groups is 1. The van der Waals surface area contributed by atoms with Crippen molar-refractivity contribution in [1.29, 1.82) is 0 Å². The monoisotopic (exact) mass is 348 g/mol. The highest BCUT2D eigenvalue weighted by Gasteiger charge is 2.20. The second-order valence-corrected chi connectivity index (χ2v) is 5.08. The summed E-state index contributed by atoms with van der Waals surface area (Å²) in [6.45, 7) is 1.39. The van der Waals surface area contributed by atoms with Gasteiger partial charge >= 0.3 is 5.97 Å². The number of halogens is 2. The van der Waals surface area contributed by atoms with Crippen molar-refractivity contribution in [3.63, 3.8) is 0 Å². The number of aliphatic hydroxyl groups excluding tert-OH is 1. The fourth-order valence-corrected chi connectivity index (χ4v) is 2.42. The molecule has 0 saturated heterocycles. The first-order chi connectivity index (χ1) is 12.0. The highest BCUT2D eigenvalue weighted by Crippen LogP contribution is 2.34. The number of rotatable bonds is 6. The van der Waals surface area contributed by atoms with E-state index in [1.54, 1.807) is 25.1 Å². The van der Waals surface area contributed by atoms with E-state index in [0.717, 1.165) is 6.07 Å². The van der Waals surface area contributed by atoms with Crippen LogP contribution in [0.25, 0.3) is 5.57 Å². The molecule has 2 aromatic carbocycles. The molecule has 0 fully saturated rings. The maximum absolute atomic E-state index is 14.4. The molecule has 0 aliphatic heterocycles. The van der Waals surface area contributed by atoms with Gasteiger partial charge in [0.15, 0.2) is 11.6 Å². The summed E-state index contributed by atoms with van der Waals surface area (Å²) in [5.41, 5.74) is 1.29. The second kappa shape index (κ2) is 8.39. The zero-order valence-corrected chi connectivity index (χ0v) is 13.9. The Kier molecular flexibility index (Phi) is 6.25. The van der Waals surface area contributed by atoms with Crippen molar-refractivity contribution in [2.75, 3.05) is 20.3 Å². The molecule has 0 saturated carbocycles. The Labute approximate surface area is 144 Å². The summed E-state index contributed by atoms with van der Waals surface area (Å²) in [5, 5.41) is 8.91. The number of hydrogen-bond donors (Lipinski definition) is 1. The van der Waals surface area contributed by atoms with Crippen LogP contribution >= 0.6 is 0 Å². The van der Waals surface area contributed by atoms with Gasteiger partial charge in [0.25, 0.3) is 0 Å². The largest absolute Gasteiger partial charge is 0.490 e. The van der Waals surface area contributed by atoms with E-state index in [-0.39, 0.29) is 24.5 Å². The molecule has 0 radical (unpaired) electrons. The highest BCUT2D eigenvalue weighted by atomic mass is 19.2. The molecule has 25 heavy (non-hydrogen) atoms. The average Bonchev–Trinajstić information content (AvgIpc) is 2.64. The molecular formula is C19H18F2O4. The molecule has 0 spiro atoms. The summed E-state index contributed by atoms with van der Waals surface area (Å²) in [6, 6.07) is 8.59. The minimum atomic E-state index is -1.04. The lowest BCUT2D eigenvalue weighted by Gasteiger charge is -2.15. The van der Waals surface area contributed by atoms with Crippen LogP contribution in [0.1, 0.15) is 28.4 Å². The van der Waals surface area contributed by atoms with Gasteiger partial charge in [-0.15, -0.1) is 0 Å². The third kappa shape index (κ3) is 4.03. The minimum Gasteiger partial charge on any atom is -0.490 e. The SMILES string of the molecule is CC=C(c1ccc(C(=O)OC)cc1)c1c(OCCO)ccc(F)c1F. The lowest BCUT2D eigenvalue weighted by molar-refractivity contribution is 0.0600. The molecule has 2 rings (SSSR count). The molecule has 0 aromatic heterocycles. The van der Waals surface area contributed by atoms with E-state index >= 15 is 0 Å². The second-order valence-electron chi connectivity index (χ2n) is 5.08. The van der Waals surface area contributed by atoms with E-state index < -0.39 is 17.6 Å². The van der Waals surface area contributed by atoms with Gasteiger partial charge in [-0.2, -0.15) is 0 Å². The molecule has 2 aromatic rings. The van der Waals surface area contributed by atoms with Gasteiger partial charge in [-0.3, -0.25) is 0 Å². The Morgan fingerprint density at radius 1 is 1.12 bits per heavy atom. The smallest absolute Gasteiger partial charge is 0.337 e. The van der Waals surface area contributed by atoms with Crippen LogP contribution in [0.4, 0.5) is 8.78 Å². The quantitative estimate of drug-likeness (QED) is 0.811. The Hall–Kier alpha value is -2.73. The molecule has 0 aliphatic carbocycles. The van der Waals surface area contributed by atoms with E-state index in [2.05, 4.69) is 4.74 Å². The van der Waals surface area contributed by atoms with Gasteiger partial charge in [0.05, 0.1) is 24.8 Å². The lowest BCUT2D eigenvalue weighted by atomic mass is 9.95. The van der Waals surface area contributed by atoms with E-state index in [4.69, 9.17) is 9.84 Å². The summed E-state index contributed by atoms with van der Waals surface area (Å²) in [7, 11) is 1.28. The number of benzene rings is 2. The summed E-state index contributed by atoms with van der Waals surface area (Å²) >= 11 is 0. The van der Waals surface area contributed by atoms with Gasteiger partial charge in [0.2, 0.25) is 0 Å². The molecular weight excluding hydrogens is 330 g/mol.